The summed E-state index contributed by atoms with van der Waals surface area (Å²) in [5.74, 6) is 1.00. The van der Waals surface area contributed by atoms with Crippen molar-refractivity contribution in [3.8, 4) is 5.75 Å². The number of pyridine rings is 1. The highest BCUT2D eigenvalue weighted by Gasteiger charge is 2.18. The normalized spacial score (nSPS) is 14.7. The first-order chi connectivity index (χ1) is 9.74. The van der Waals surface area contributed by atoms with Crippen molar-refractivity contribution in [2.45, 2.75) is 25.9 Å². The summed E-state index contributed by atoms with van der Waals surface area (Å²) < 4.78 is 5.71. The van der Waals surface area contributed by atoms with Gasteiger partial charge in [0.2, 0.25) is 0 Å². The van der Waals surface area contributed by atoms with Gasteiger partial charge in [-0.25, -0.2) is 0 Å². The zero-order valence-electron chi connectivity index (χ0n) is 11.4. The van der Waals surface area contributed by atoms with Crippen LogP contribution in [0.15, 0.2) is 36.7 Å². The number of nitrogens with zero attached hydrogens (tertiary/aromatic N) is 1. The summed E-state index contributed by atoms with van der Waals surface area (Å²) in [5, 5.41) is 4.27. The number of nitrogens with one attached hydrogen (secondary N) is 1. The number of ether oxygens (including phenoxy) is 1. The van der Waals surface area contributed by atoms with Crippen LogP contribution >= 0.6 is 11.6 Å². The fourth-order valence-electron chi connectivity index (χ4n) is 2.49. The third-order valence-electron chi connectivity index (χ3n) is 3.61. The predicted octanol–water partition coefficient (Wildman–Crippen LogP) is 3.52. The van der Waals surface area contributed by atoms with E-state index >= 15 is 0 Å². The van der Waals surface area contributed by atoms with Gasteiger partial charge in [-0.05, 0) is 36.2 Å². The first-order valence-corrected chi connectivity index (χ1v) is 7.19. The molecule has 4 heteroatoms. The third-order valence-corrected chi connectivity index (χ3v) is 3.83. The Labute approximate surface area is 123 Å². The zero-order valence-corrected chi connectivity index (χ0v) is 12.2. The Morgan fingerprint density at radius 1 is 1.45 bits per heavy atom. The minimum absolute atomic E-state index is 0.236. The van der Waals surface area contributed by atoms with E-state index in [0.29, 0.717) is 0 Å². The van der Waals surface area contributed by atoms with E-state index in [1.165, 1.54) is 11.1 Å². The van der Waals surface area contributed by atoms with Gasteiger partial charge in [0.1, 0.15) is 5.75 Å². The topological polar surface area (TPSA) is 34.1 Å². The molecule has 0 aliphatic carbocycles. The lowest BCUT2D eigenvalue weighted by molar-refractivity contribution is 0.351. The molecule has 1 aromatic heterocycles. The first-order valence-electron chi connectivity index (χ1n) is 6.81. The lowest BCUT2D eigenvalue weighted by atomic mass is 10.1. The Morgan fingerprint density at radius 3 is 3.15 bits per heavy atom. The molecule has 1 aliphatic heterocycles. The highest BCUT2D eigenvalue weighted by Crippen LogP contribution is 2.33. The molecule has 1 atom stereocenters. The van der Waals surface area contributed by atoms with E-state index in [1.807, 2.05) is 24.4 Å². The van der Waals surface area contributed by atoms with Gasteiger partial charge in [-0.15, -0.1) is 0 Å². The molecule has 0 saturated carbocycles. The molecule has 1 N–H and O–H groups in total. The van der Waals surface area contributed by atoms with Crippen molar-refractivity contribution in [1.82, 2.24) is 10.3 Å². The summed E-state index contributed by atoms with van der Waals surface area (Å²) in [6, 6.07) is 8.24. The van der Waals surface area contributed by atoms with Crippen LogP contribution in [0.3, 0.4) is 0 Å². The van der Waals surface area contributed by atoms with Crippen LogP contribution in [0.5, 0.6) is 5.75 Å². The second kappa shape index (κ2) is 5.81. The molecule has 2 aromatic rings. The standard InChI is InChI=1S/C16H17ClN2O/c1-11(13-3-2-5-18-9-13)19-10-14-8-15(17)7-12-4-6-20-16(12)14/h2-3,5,7-9,11,19H,4,6,10H2,1H3/t11-/m0/s1. The van der Waals surface area contributed by atoms with Crippen molar-refractivity contribution in [3.63, 3.8) is 0 Å². The highest BCUT2D eigenvalue weighted by atomic mass is 35.5. The number of benzene rings is 1. The maximum absolute atomic E-state index is 6.17. The fraction of sp³-hybridized carbons (Fsp3) is 0.312. The van der Waals surface area contributed by atoms with E-state index in [4.69, 9.17) is 16.3 Å². The maximum Gasteiger partial charge on any atom is 0.127 e. The molecule has 20 heavy (non-hydrogen) atoms. The van der Waals surface area contributed by atoms with Gasteiger partial charge in [-0.1, -0.05) is 17.7 Å². The van der Waals surface area contributed by atoms with E-state index in [-0.39, 0.29) is 6.04 Å². The van der Waals surface area contributed by atoms with Crippen LogP contribution in [0.1, 0.15) is 29.7 Å². The molecular formula is C16H17ClN2O. The van der Waals surface area contributed by atoms with E-state index < -0.39 is 0 Å². The summed E-state index contributed by atoms with van der Waals surface area (Å²) >= 11 is 6.17. The summed E-state index contributed by atoms with van der Waals surface area (Å²) in [4.78, 5) is 4.15. The molecule has 104 valence electrons. The summed E-state index contributed by atoms with van der Waals surface area (Å²) in [5.41, 5.74) is 3.51. The van der Waals surface area contributed by atoms with Crippen molar-refractivity contribution in [2.75, 3.05) is 6.61 Å². The van der Waals surface area contributed by atoms with Crippen LogP contribution in [0.2, 0.25) is 5.02 Å². The molecular weight excluding hydrogens is 272 g/mol. The fourth-order valence-corrected chi connectivity index (χ4v) is 2.75. The van der Waals surface area contributed by atoms with Gasteiger partial charge < -0.3 is 10.1 Å². The smallest absolute Gasteiger partial charge is 0.127 e. The Bertz CT molecular complexity index is 601. The average Bonchev–Trinajstić information content (AvgIpc) is 2.93. The van der Waals surface area contributed by atoms with Crippen LogP contribution in [0.25, 0.3) is 0 Å². The molecule has 0 spiro atoms. The Balaban J connectivity index is 1.73. The van der Waals surface area contributed by atoms with Gasteiger partial charge in [0.05, 0.1) is 6.61 Å². The monoisotopic (exact) mass is 288 g/mol. The number of aromatic nitrogens is 1. The van der Waals surface area contributed by atoms with E-state index in [0.717, 1.165) is 35.9 Å². The van der Waals surface area contributed by atoms with Crippen LogP contribution < -0.4 is 10.1 Å². The van der Waals surface area contributed by atoms with Gasteiger partial charge in [-0.2, -0.15) is 0 Å². The Hall–Kier alpha value is -1.58. The number of hydrogen-bond acceptors (Lipinski definition) is 3. The van der Waals surface area contributed by atoms with Crippen molar-refractivity contribution >= 4 is 11.6 Å². The van der Waals surface area contributed by atoms with Crippen LogP contribution in [0.4, 0.5) is 0 Å². The average molecular weight is 289 g/mol. The largest absolute Gasteiger partial charge is 0.493 e. The van der Waals surface area contributed by atoms with E-state index in [9.17, 15) is 0 Å². The molecule has 0 amide bonds. The zero-order chi connectivity index (χ0) is 13.9. The van der Waals surface area contributed by atoms with Crippen LogP contribution in [-0.2, 0) is 13.0 Å². The molecule has 0 bridgehead atoms. The van der Waals surface area contributed by atoms with Gasteiger partial charge in [-0.3, -0.25) is 4.98 Å². The molecule has 0 saturated heterocycles. The molecule has 0 fully saturated rings. The lowest BCUT2D eigenvalue weighted by Crippen LogP contribution is -2.18. The quantitative estimate of drug-likeness (QED) is 0.935. The Kier molecular flexibility index (Phi) is 3.90. The first kappa shape index (κ1) is 13.4. The summed E-state index contributed by atoms with van der Waals surface area (Å²) in [6.07, 6.45) is 4.62. The molecule has 2 heterocycles. The number of halogens is 1. The SMILES string of the molecule is C[C@H](NCc1cc(Cl)cc2c1OCC2)c1cccnc1. The molecule has 1 aromatic carbocycles. The number of fused-ring (bicyclic) bond motifs is 1. The van der Waals surface area contributed by atoms with Gasteiger partial charge in [0.15, 0.2) is 0 Å². The lowest BCUT2D eigenvalue weighted by Gasteiger charge is -2.15. The highest BCUT2D eigenvalue weighted by molar-refractivity contribution is 6.30. The minimum atomic E-state index is 0.236. The predicted molar refractivity (Wildman–Crippen MR) is 80.1 cm³/mol. The summed E-state index contributed by atoms with van der Waals surface area (Å²) in [7, 11) is 0. The van der Waals surface area contributed by atoms with Crippen molar-refractivity contribution in [2.24, 2.45) is 0 Å². The van der Waals surface area contributed by atoms with E-state index in [2.05, 4.69) is 23.3 Å². The summed E-state index contributed by atoms with van der Waals surface area (Å²) in [6.45, 7) is 3.61. The van der Waals surface area contributed by atoms with Crippen molar-refractivity contribution in [1.29, 1.82) is 0 Å². The van der Waals surface area contributed by atoms with Crippen LogP contribution in [0, 0.1) is 0 Å². The molecule has 3 rings (SSSR count). The second-order valence-corrected chi connectivity index (χ2v) is 5.48. The number of rotatable bonds is 4. The Morgan fingerprint density at radius 2 is 2.35 bits per heavy atom. The third kappa shape index (κ3) is 2.79. The maximum atomic E-state index is 6.17. The minimum Gasteiger partial charge on any atom is -0.493 e. The van der Waals surface area contributed by atoms with Crippen LogP contribution in [-0.4, -0.2) is 11.6 Å². The van der Waals surface area contributed by atoms with Gasteiger partial charge >= 0.3 is 0 Å². The van der Waals surface area contributed by atoms with Crippen molar-refractivity contribution in [3.05, 3.63) is 58.4 Å². The molecule has 0 radical (unpaired) electrons. The second-order valence-electron chi connectivity index (χ2n) is 5.04. The van der Waals surface area contributed by atoms with Gasteiger partial charge in [0.25, 0.3) is 0 Å². The van der Waals surface area contributed by atoms with Gasteiger partial charge in [0, 0.05) is 42.0 Å². The number of hydrogen-bond donors (Lipinski definition) is 1. The van der Waals surface area contributed by atoms with Crippen molar-refractivity contribution < 1.29 is 4.74 Å². The van der Waals surface area contributed by atoms with E-state index in [1.54, 1.807) is 6.20 Å². The molecule has 0 unspecified atom stereocenters. The molecule has 3 nitrogen and oxygen atoms in total. The molecule has 1 aliphatic rings.